The fraction of sp³-hybridized carbons (Fsp3) is 0.600. The maximum absolute atomic E-state index is 12.9. The van der Waals surface area contributed by atoms with Crippen LogP contribution in [0.3, 0.4) is 0 Å². The first-order valence-corrected chi connectivity index (χ1v) is 9.94. The first kappa shape index (κ1) is 20.9. The van der Waals surface area contributed by atoms with Gasteiger partial charge in [-0.15, -0.1) is 0 Å². The lowest BCUT2D eigenvalue weighted by Crippen LogP contribution is -2.65. The summed E-state index contributed by atoms with van der Waals surface area (Å²) in [5.74, 6) is -0.173. The summed E-state index contributed by atoms with van der Waals surface area (Å²) in [5.41, 5.74) is 0.527. The van der Waals surface area contributed by atoms with Gasteiger partial charge in [0.25, 0.3) is 0 Å². The van der Waals surface area contributed by atoms with Crippen LogP contribution in [0.25, 0.3) is 0 Å². The zero-order valence-electron chi connectivity index (χ0n) is 16.6. The van der Waals surface area contributed by atoms with Crippen molar-refractivity contribution in [2.45, 2.75) is 44.4 Å². The first-order valence-electron chi connectivity index (χ1n) is 9.94. The summed E-state index contributed by atoms with van der Waals surface area (Å²) in [6, 6.07) is 3.30. The maximum atomic E-state index is 12.9. The summed E-state index contributed by atoms with van der Waals surface area (Å²) < 4.78 is 49.9. The Kier molecular flexibility index (Phi) is 5.63. The molecule has 1 aromatic carbocycles. The predicted molar refractivity (Wildman–Crippen MR) is 102 cm³/mol. The number of hydrogen-bond acceptors (Lipinski definition) is 4. The van der Waals surface area contributed by atoms with Crippen LogP contribution < -0.4 is 5.32 Å². The van der Waals surface area contributed by atoms with E-state index in [1.165, 1.54) is 6.07 Å². The lowest BCUT2D eigenvalue weighted by atomic mass is 10.0. The highest BCUT2D eigenvalue weighted by molar-refractivity contribution is 5.79. The Hall–Kier alpha value is -2.33. The number of nitrogens with zero attached hydrogens (tertiary/aromatic N) is 2. The van der Waals surface area contributed by atoms with E-state index in [1.54, 1.807) is 16.7 Å². The van der Waals surface area contributed by atoms with Crippen LogP contribution in [-0.4, -0.2) is 72.8 Å². The van der Waals surface area contributed by atoms with Crippen molar-refractivity contribution in [3.05, 3.63) is 34.9 Å². The number of piperidine rings is 1. The Balaban J connectivity index is 0.00000272. The van der Waals surface area contributed by atoms with E-state index in [-0.39, 0.29) is 44.8 Å². The summed E-state index contributed by atoms with van der Waals surface area (Å²) in [6.07, 6.45) is -3.99. The van der Waals surface area contributed by atoms with Crippen molar-refractivity contribution in [2.24, 2.45) is 0 Å². The summed E-state index contributed by atoms with van der Waals surface area (Å²) in [5, 5.41) is 2.86. The monoisotopic (exact) mass is 429 g/mol. The highest BCUT2D eigenvalue weighted by atomic mass is 19.4. The minimum Gasteiger partial charge on any atom is -0.370 e. The molecule has 3 aliphatic rings. The van der Waals surface area contributed by atoms with E-state index in [4.69, 9.17) is 9.47 Å². The molecule has 30 heavy (non-hydrogen) atoms. The summed E-state index contributed by atoms with van der Waals surface area (Å²) in [4.78, 5) is 27.5. The third kappa shape index (κ3) is 4.39. The second kappa shape index (κ2) is 8.07. The van der Waals surface area contributed by atoms with Gasteiger partial charge in [-0.2, -0.15) is 13.2 Å². The largest absolute Gasteiger partial charge is 0.416 e. The minimum absolute atomic E-state index is 0. The molecule has 1 N–H and O–H groups in total. The van der Waals surface area contributed by atoms with Crippen molar-refractivity contribution < 1.29 is 33.7 Å². The predicted octanol–water partition coefficient (Wildman–Crippen LogP) is 2.17. The van der Waals surface area contributed by atoms with E-state index >= 15 is 0 Å². The molecule has 0 saturated carbocycles. The molecule has 0 spiro atoms. The van der Waals surface area contributed by atoms with Crippen molar-refractivity contribution in [1.82, 2.24) is 15.1 Å². The number of rotatable bonds is 3. The summed E-state index contributed by atoms with van der Waals surface area (Å²) in [6.45, 7) is 3.62. The number of fused-ring (bicyclic) bond motifs is 1. The average Bonchev–Trinajstić information content (AvgIpc) is 2.66. The first-order chi connectivity index (χ1) is 14.2. The van der Waals surface area contributed by atoms with Crippen LogP contribution in [-0.2, 0) is 27.1 Å². The van der Waals surface area contributed by atoms with Crippen molar-refractivity contribution in [2.75, 3.05) is 32.8 Å². The number of benzene rings is 1. The molecule has 4 rings (SSSR count). The van der Waals surface area contributed by atoms with E-state index in [9.17, 15) is 22.8 Å². The minimum atomic E-state index is -4.39. The van der Waals surface area contributed by atoms with E-state index < -0.39 is 11.7 Å². The molecule has 0 bridgehead atoms. The number of amides is 3. The average molecular weight is 429 g/mol. The number of nitrogens with one attached hydrogen (secondary N) is 1. The van der Waals surface area contributed by atoms with Gasteiger partial charge in [-0.1, -0.05) is 6.07 Å². The molecule has 0 aliphatic carbocycles. The molecule has 7 nitrogen and oxygen atoms in total. The van der Waals surface area contributed by atoms with Gasteiger partial charge in [0.1, 0.15) is 6.61 Å². The van der Waals surface area contributed by atoms with E-state index in [2.05, 4.69) is 5.32 Å². The van der Waals surface area contributed by atoms with Gasteiger partial charge in [0.2, 0.25) is 5.91 Å². The zero-order chi connectivity index (χ0) is 21.5. The molecule has 3 aliphatic heterocycles. The van der Waals surface area contributed by atoms with Gasteiger partial charge in [-0.05, 0) is 36.6 Å². The van der Waals surface area contributed by atoms with Crippen LogP contribution >= 0.6 is 0 Å². The summed E-state index contributed by atoms with van der Waals surface area (Å²) in [7, 11) is 0. The van der Waals surface area contributed by atoms with Gasteiger partial charge < -0.3 is 24.6 Å². The second-order valence-corrected chi connectivity index (χ2v) is 8.02. The third-order valence-corrected chi connectivity index (χ3v) is 5.86. The lowest BCUT2D eigenvalue weighted by Gasteiger charge is -2.46. The molecule has 10 heteroatoms. The maximum Gasteiger partial charge on any atom is 0.416 e. The molecule has 3 fully saturated rings. The second-order valence-electron chi connectivity index (χ2n) is 8.02. The van der Waals surface area contributed by atoms with Crippen molar-refractivity contribution in [3.63, 3.8) is 0 Å². The molecule has 3 heterocycles. The highest BCUT2D eigenvalue weighted by Crippen LogP contribution is 2.31. The van der Waals surface area contributed by atoms with Crippen LogP contribution in [0.5, 0.6) is 0 Å². The zero-order valence-corrected chi connectivity index (χ0v) is 16.6. The molecule has 0 unspecified atom stereocenters. The van der Waals surface area contributed by atoms with E-state index in [0.29, 0.717) is 38.2 Å². The Bertz CT molecular complexity index is 832. The molecule has 0 aromatic heterocycles. The topological polar surface area (TPSA) is 71.1 Å². The smallest absolute Gasteiger partial charge is 0.370 e. The molecule has 3 saturated heterocycles. The molecular weight excluding hydrogens is 403 g/mol. The molecule has 166 valence electrons. The number of carbonyl (C=O) groups is 2. The van der Waals surface area contributed by atoms with Crippen LogP contribution in [0.2, 0.25) is 0 Å². The fourth-order valence-electron chi connectivity index (χ4n) is 3.98. The number of morpholine rings is 1. The normalized spacial score (nSPS) is 24.9. The Morgan fingerprint density at radius 3 is 2.80 bits per heavy atom. The third-order valence-electron chi connectivity index (χ3n) is 5.86. The van der Waals surface area contributed by atoms with Crippen LogP contribution in [0.15, 0.2) is 18.2 Å². The Labute approximate surface area is 173 Å². The van der Waals surface area contributed by atoms with Crippen molar-refractivity contribution in [3.8, 4) is 0 Å². The van der Waals surface area contributed by atoms with Gasteiger partial charge in [-0.3, -0.25) is 4.79 Å². The number of ether oxygens (including phenoxy) is 2. The number of hydrogen-bond donors (Lipinski definition) is 1. The fourth-order valence-corrected chi connectivity index (χ4v) is 3.98. The van der Waals surface area contributed by atoms with Crippen molar-refractivity contribution >= 4 is 11.9 Å². The van der Waals surface area contributed by atoms with Gasteiger partial charge in [0.05, 0.1) is 43.5 Å². The Morgan fingerprint density at radius 2 is 2.07 bits per heavy atom. The quantitative estimate of drug-likeness (QED) is 0.800. The van der Waals surface area contributed by atoms with Gasteiger partial charge in [-0.25, -0.2) is 4.79 Å². The number of halogens is 3. The summed E-state index contributed by atoms with van der Waals surface area (Å²) >= 11 is 0. The lowest BCUT2D eigenvalue weighted by molar-refractivity contribution is -0.140. The molecule has 0 radical (unpaired) electrons. The SMILES string of the molecule is Cc1ccc(C(F)(F)F)cc1COC1CN(C(=O)N2CC[C@@H]3OCC(=O)N[C@@H]3C2)C1.[HH]. The number of aryl methyl sites for hydroxylation is 1. The van der Waals surface area contributed by atoms with Gasteiger partial charge in [0, 0.05) is 14.5 Å². The highest BCUT2D eigenvalue weighted by Gasteiger charge is 2.40. The number of carbonyl (C=O) groups excluding carboxylic acids is 2. The van der Waals surface area contributed by atoms with Crippen LogP contribution in [0, 0.1) is 6.92 Å². The standard InChI is InChI=1S/C20H24F3N3O4.H2/c1-12-2-3-14(20(21,22)23)6-13(12)10-29-15-7-26(8-15)19(28)25-5-4-17-16(9-25)24-18(27)11-30-17;/h2-3,6,15-17H,4-5,7-11H2,1H3,(H,24,27);1H/t16-,17+;/m1./s1. The van der Waals surface area contributed by atoms with E-state index in [0.717, 1.165) is 17.7 Å². The molecule has 2 atom stereocenters. The van der Waals surface area contributed by atoms with Crippen LogP contribution in [0.4, 0.5) is 18.0 Å². The Morgan fingerprint density at radius 1 is 1.30 bits per heavy atom. The van der Waals surface area contributed by atoms with Crippen molar-refractivity contribution in [1.29, 1.82) is 0 Å². The molecular formula is C20H26F3N3O4. The molecule has 1 aromatic rings. The molecule has 3 amide bonds. The van der Waals surface area contributed by atoms with Gasteiger partial charge >= 0.3 is 12.2 Å². The number of urea groups is 1. The van der Waals surface area contributed by atoms with E-state index in [1.807, 2.05) is 0 Å². The number of alkyl halides is 3. The van der Waals surface area contributed by atoms with Gasteiger partial charge in [0.15, 0.2) is 0 Å². The van der Waals surface area contributed by atoms with Crippen LogP contribution in [0.1, 0.15) is 24.5 Å². The number of likely N-dealkylation sites (tertiary alicyclic amines) is 2.